The Morgan fingerprint density at radius 1 is 1.16 bits per heavy atom. The van der Waals surface area contributed by atoms with E-state index in [0.29, 0.717) is 0 Å². The van der Waals surface area contributed by atoms with Crippen LogP contribution < -0.4 is 0 Å². The Bertz CT molecular complexity index is 850. The third-order valence-corrected chi connectivity index (χ3v) is 4.46. The van der Waals surface area contributed by atoms with Crippen molar-refractivity contribution in [1.82, 2.24) is 24.6 Å². The van der Waals surface area contributed by atoms with Gasteiger partial charge in [0.05, 0.1) is 11.2 Å². The normalized spacial score (nSPS) is 11.6. The van der Waals surface area contributed by atoms with Gasteiger partial charge in [0, 0.05) is 30.2 Å². The largest absolute Gasteiger partial charge is 0.309 e. The molecule has 5 nitrogen and oxygen atoms in total. The smallest absolute Gasteiger partial charge is 0.132 e. The topological polar surface area (TPSA) is 46.8 Å². The van der Waals surface area contributed by atoms with Gasteiger partial charge >= 0.3 is 0 Å². The quantitative estimate of drug-likeness (QED) is 0.664. The molecule has 0 atom stereocenters. The number of benzene rings is 1. The molecule has 0 aliphatic rings. The first kappa shape index (κ1) is 17.5. The number of hydrogen-bond acceptors (Lipinski definition) is 4. The van der Waals surface area contributed by atoms with Crippen molar-refractivity contribution in [3.8, 4) is 0 Å². The van der Waals surface area contributed by atoms with E-state index in [9.17, 15) is 0 Å². The molecule has 0 fully saturated rings. The molecule has 1 aromatic carbocycles. The van der Waals surface area contributed by atoms with Crippen LogP contribution in [0.15, 0.2) is 30.5 Å². The van der Waals surface area contributed by atoms with Crippen LogP contribution in [-0.4, -0.2) is 45.3 Å². The number of aryl methyl sites for hydroxylation is 3. The van der Waals surface area contributed by atoms with Gasteiger partial charge in [0.1, 0.15) is 5.82 Å². The van der Waals surface area contributed by atoms with Gasteiger partial charge in [-0.3, -0.25) is 4.68 Å². The summed E-state index contributed by atoms with van der Waals surface area (Å²) in [6.07, 6.45) is 4.64. The minimum atomic E-state index is 0.756. The van der Waals surface area contributed by atoms with E-state index in [2.05, 4.69) is 65.7 Å². The van der Waals surface area contributed by atoms with Crippen LogP contribution in [0.1, 0.15) is 36.1 Å². The van der Waals surface area contributed by atoms with Crippen LogP contribution in [0.25, 0.3) is 10.9 Å². The summed E-state index contributed by atoms with van der Waals surface area (Å²) in [7, 11) is 4.21. The fourth-order valence-corrected chi connectivity index (χ4v) is 3.11. The first-order valence-electron chi connectivity index (χ1n) is 8.98. The lowest BCUT2D eigenvalue weighted by molar-refractivity contribution is 0.382. The van der Waals surface area contributed by atoms with Gasteiger partial charge in [-0.2, -0.15) is 5.10 Å². The number of nitrogens with zero attached hydrogens (tertiary/aromatic N) is 5. The van der Waals surface area contributed by atoms with E-state index in [1.54, 1.807) is 0 Å². The number of fused-ring (bicyclic) bond motifs is 1. The predicted molar refractivity (Wildman–Crippen MR) is 102 cm³/mol. The van der Waals surface area contributed by atoms with Crippen LogP contribution in [0.4, 0.5) is 0 Å². The molecule has 5 heteroatoms. The van der Waals surface area contributed by atoms with E-state index in [4.69, 9.17) is 5.10 Å². The van der Waals surface area contributed by atoms with Crippen molar-refractivity contribution in [2.24, 2.45) is 0 Å². The van der Waals surface area contributed by atoms with E-state index in [1.807, 2.05) is 12.3 Å². The van der Waals surface area contributed by atoms with E-state index in [0.717, 1.165) is 49.6 Å². The van der Waals surface area contributed by atoms with Crippen molar-refractivity contribution in [3.63, 3.8) is 0 Å². The standard InChI is InChI=1S/C20H27N5/c1-5-17-9-10-21-20(22-17)14-16-7-8-18-15(2)23-25(19(18)13-16)12-6-11-24(3)4/h7-10,13H,5-6,11-12,14H2,1-4H3. The lowest BCUT2D eigenvalue weighted by Crippen LogP contribution is -2.15. The zero-order chi connectivity index (χ0) is 17.8. The van der Waals surface area contributed by atoms with E-state index in [-0.39, 0.29) is 0 Å². The van der Waals surface area contributed by atoms with Gasteiger partial charge in [-0.15, -0.1) is 0 Å². The van der Waals surface area contributed by atoms with Crippen LogP contribution >= 0.6 is 0 Å². The van der Waals surface area contributed by atoms with Gasteiger partial charge in [-0.05, 0) is 58.1 Å². The Kier molecular flexibility index (Phi) is 5.43. The molecule has 0 N–H and O–H groups in total. The molecular formula is C20H27N5. The first-order chi connectivity index (χ1) is 12.1. The minimum absolute atomic E-state index is 0.756. The third-order valence-electron chi connectivity index (χ3n) is 4.46. The van der Waals surface area contributed by atoms with Crippen molar-refractivity contribution in [1.29, 1.82) is 0 Å². The molecule has 0 aliphatic heterocycles. The number of aromatic nitrogens is 4. The van der Waals surface area contributed by atoms with Gasteiger partial charge in [-0.1, -0.05) is 19.1 Å². The van der Waals surface area contributed by atoms with Gasteiger partial charge in [-0.25, -0.2) is 9.97 Å². The molecule has 0 spiro atoms. The van der Waals surface area contributed by atoms with Crippen molar-refractivity contribution in [2.45, 2.75) is 39.7 Å². The molecule has 3 aromatic rings. The Hall–Kier alpha value is -2.27. The molecule has 0 saturated heterocycles. The maximum atomic E-state index is 4.73. The fourth-order valence-electron chi connectivity index (χ4n) is 3.11. The van der Waals surface area contributed by atoms with Crippen molar-refractivity contribution in [2.75, 3.05) is 20.6 Å². The van der Waals surface area contributed by atoms with Crippen molar-refractivity contribution < 1.29 is 0 Å². The molecule has 2 heterocycles. The SMILES string of the molecule is CCc1ccnc(Cc2ccc3c(C)nn(CCCN(C)C)c3c2)n1. The summed E-state index contributed by atoms with van der Waals surface area (Å²) in [5, 5.41) is 5.96. The van der Waals surface area contributed by atoms with Gasteiger partial charge in [0.15, 0.2) is 0 Å². The second-order valence-electron chi connectivity index (χ2n) is 6.81. The molecule has 0 amide bonds. The van der Waals surface area contributed by atoms with E-state index >= 15 is 0 Å². The molecule has 0 saturated carbocycles. The van der Waals surface area contributed by atoms with Gasteiger partial charge < -0.3 is 4.90 Å². The highest BCUT2D eigenvalue weighted by Crippen LogP contribution is 2.21. The van der Waals surface area contributed by atoms with Crippen LogP contribution in [0.5, 0.6) is 0 Å². The van der Waals surface area contributed by atoms with Crippen molar-refractivity contribution >= 4 is 10.9 Å². The van der Waals surface area contributed by atoms with Crippen molar-refractivity contribution in [3.05, 3.63) is 53.2 Å². The predicted octanol–water partition coefficient (Wildman–Crippen LogP) is 3.24. The average molecular weight is 337 g/mol. The van der Waals surface area contributed by atoms with Gasteiger partial charge in [0.25, 0.3) is 0 Å². The summed E-state index contributed by atoms with van der Waals surface area (Å²) in [5.74, 6) is 0.883. The summed E-state index contributed by atoms with van der Waals surface area (Å²) in [5.41, 5.74) is 4.63. The molecule has 0 aliphatic carbocycles. The summed E-state index contributed by atoms with van der Waals surface area (Å²) in [6, 6.07) is 8.57. The zero-order valence-corrected chi connectivity index (χ0v) is 15.7. The summed E-state index contributed by atoms with van der Waals surface area (Å²) in [6.45, 7) is 6.21. The minimum Gasteiger partial charge on any atom is -0.309 e. The molecule has 0 bridgehead atoms. The van der Waals surface area contributed by atoms with Crippen LogP contribution in [0, 0.1) is 6.92 Å². The second kappa shape index (κ2) is 7.74. The summed E-state index contributed by atoms with van der Waals surface area (Å²) in [4.78, 5) is 11.3. The molecule has 2 aromatic heterocycles. The van der Waals surface area contributed by atoms with Crippen LogP contribution in [0.2, 0.25) is 0 Å². The molecule has 0 unspecified atom stereocenters. The molecular weight excluding hydrogens is 310 g/mol. The lowest BCUT2D eigenvalue weighted by atomic mass is 10.1. The van der Waals surface area contributed by atoms with Crippen LogP contribution in [-0.2, 0) is 19.4 Å². The Labute approximate surface area is 149 Å². The average Bonchev–Trinajstić information content (AvgIpc) is 2.90. The van der Waals surface area contributed by atoms with Crippen LogP contribution in [0.3, 0.4) is 0 Å². The maximum Gasteiger partial charge on any atom is 0.132 e. The Balaban J connectivity index is 1.84. The Morgan fingerprint density at radius 2 is 2.00 bits per heavy atom. The lowest BCUT2D eigenvalue weighted by Gasteiger charge is -2.10. The molecule has 0 radical (unpaired) electrons. The highest BCUT2D eigenvalue weighted by atomic mass is 15.3. The first-order valence-corrected chi connectivity index (χ1v) is 8.98. The second-order valence-corrected chi connectivity index (χ2v) is 6.81. The highest BCUT2D eigenvalue weighted by Gasteiger charge is 2.09. The summed E-state index contributed by atoms with van der Waals surface area (Å²) >= 11 is 0. The molecule has 3 rings (SSSR count). The van der Waals surface area contributed by atoms with E-state index < -0.39 is 0 Å². The summed E-state index contributed by atoms with van der Waals surface area (Å²) < 4.78 is 2.14. The maximum absolute atomic E-state index is 4.73. The molecule has 25 heavy (non-hydrogen) atoms. The highest BCUT2D eigenvalue weighted by molar-refractivity contribution is 5.82. The fraction of sp³-hybridized carbons (Fsp3) is 0.450. The monoisotopic (exact) mass is 337 g/mol. The molecule has 132 valence electrons. The zero-order valence-electron chi connectivity index (χ0n) is 15.7. The van der Waals surface area contributed by atoms with Gasteiger partial charge in [0.2, 0.25) is 0 Å². The van der Waals surface area contributed by atoms with E-state index in [1.165, 1.54) is 16.5 Å². The third kappa shape index (κ3) is 4.23. The number of rotatable bonds is 7. The number of hydrogen-bond donors (Lipinski definition) is 0. The Morgan fingerprint density at radius 3 is 2.76 bits per heavy atom.